The number of carbonyl (C=O) groups excluding carboxylic acids is 1. The lowest BCUT2D eigenvalue weighted by Crippen LogP contribution is -2.19. The average molecular weight is 220 g/mol. The molecule has 1 aromatic heterocycles. The van der Waals surface area contributed by atoms with E-state index in [0.717, 1.165) is 26.1 Å². The van der Waals surface area contributed by atoms with Gasteiger partial charge in [-0.25, -0.2) is 9.97 Å². The number of Topliss-reactive ketones (excluding diaryl/α,β-unsaturated/α-hetero) is 1. The highest BCUT2D eigenvalue weighted by atomic mass is 16.5. The van der Waals surface area contributed by atoms with Gasteiger partial charge in [0.2, 0.25) is 0 Å². The molecule has 0 aromatic carbocycles. The number of ether oxygens (including phenoxy) is 1. The lowest BCUT2D eigenvalue weighted by atomic mass is 9.93. The molecule has 2 heterocycles. The number of aromatic nitrogens is 2. The van der Waals surface area contributed by atoms with Crippen molar-refractivity contribution in [1.82, 2.24) is 9.97 Å². The Morgan fingerprint density at radius 1 is 1.50 bits per heavy atom. The zero-order valence-electron chi connectivity index (χ0n) is 9.48. The number of nitrogens with zero attached hydrogens (tertiary/aromatic N) is 2. The van der Waals surface area contributed by atoms with E-state index >= 15 is 0 Å². The van der Waals surface area contributed by atoms with Crippen LogP contribution in [-0.2, 0) is 4.74 Å². The van der Waals surface area contributed by atoms with Crippen LogP contribution in [0.2, 0.25) is 0 Å². The molecule has 0 spiro atoms. The molecular formula is C12H16N2O2. The van der Waals surface area contributed by atoms with Crippen LogP contribution >= 0.6 is 0 Å². The molecule has 1 aliphatic heterocycles. The second-order valence-electron chi connectivity index (χ2n) is 4.17. The zero-order chi connectivity index (χ0) is 11.4. The summed E-state index contributed by atoms with van der Waals surface area (Å²) in [6, 6.07) is 1.69. The van der Waals surface area contributed by atoms with Gasteiger partial charge < -0.3 is 4.74 Å². The molecule has 0 aliphatic carbocycles. The molecule has 2 rings (SSSR count). The SMILES string of the molecule is Cc1nccc(C(=O)CC2CCOCC2)n1. The van der Waals surface area contributed by atoms with Crippen LogP contribution in [0.25, 0.3) is 0 Å². The molecule has 1 aliphatic rings. The Kier molecular flexibility index (Phi) is 3.62. The van der Waals surface area contributed by atoms with Gasteiger partial charge in [0.05, 0.1) is 0 Å². The minimum atomic E-state index is 0.123. The van der Waals surface area contributed by atoms with Crippen LogP contribution in [0.4, 0.5) is 0 Å². The van der Waals surface area contributed by atoms with Crippen molar-refractivity contribution in [3.63, 3.8) is 0 Å². The zero-order valence-corrected chi connectivity index (χ0v) is 9.48. The topological polar surface area (TPSA) is 52.1 Å². The lowest BCUT2D eigenvalue weighted by molar-refractivity contribution is 0.0599. The van der Waals surface area contributed by atoms with Crippen LogP contribution in [0, 0.1) is 12.8 Å². The van der Waals surface area contributed by atoms with Crippen molar-refractivity contribution < 1.29 is 9.53 Å². The maximum absolute atomic E-state index is 11.9. The Balaban J connectivity index is 1.97. The van der Waals surface area contributed by atoms with Gasteiger partial charge in [0.15, 0.2) is 5.78 Å². The van der Waals surface area contributed by atoms with E-state index in [1.54, 1.807) is 19.2 Å². The predicted molar refractivity (Wildman–Crippen MR) is 59.3 cm³/mol. The first kappa shape index (κ1) is 11.2. The van der Waals surface area contributed by atoms with Crippen molar-refractivity contribution >= 4 is 5.78 Å². The van der Waals surface area contributed by atoms with Crippen LogP contribution in [-0.4, -0.2) is 29.0 Å². The van der Waals surface area contributed by atoms with Gasteiger partial charge in [0.25, 0.3) is 0 Å². The van der Waals surface area contributed by atoms with Gasteiger partial charge in [0, 0.05) is 25.8 Å². The minimum Gasteiger partial charge on any atom is -0.381 e. The molecule has 1 aromatic rings. The molecule has 0 amide bonds. The fourth-order valence-corrected chi connectivity index (χ4v) is 1.93. The van der Waals surface area contributed by atoms with E-state index in [-0.39, 0.29) is 5.78 Å². The molecule has 0 unspecified atom stereocenters. The standard InChI is InChI=1S/C12H16N2O2/c1-9-13-5-2-11(14-9)12(15)8-10-3-6-16-7-4-10/h2,5,10H,3-4,6-8H2,1H3. The molecule has 16 heavy (non-hydrogen) atoms. The quantitative estimate of drug-likeness (QED) is 0.729. The molecule has 86 valence electrons. The lowest BCUT2D eigenvalue weighted by Gasteiger charge is -2.20. The molecular weight excluding hydrogens is 204 g/mol. The number of carbonyl (C=O) groups is 1. The Labute approximate surface area is 95.1 Å². The van der Waals surface area contributed by atoms with Crippen molar-refractivity contribution in [2.45, 2.75) is 26.2 Å². The predicted octanol–water partition coefficient (Wildman–Crippen LogP) is 1.78. The van der Waals surface area contributed by atoms with Crippen molar-refractivity contribution in [2.24, 2.45) is 5.92 Å². The van der Waals surface area contributed by atoms with Crippen molar-refractivity contribution in [3.8, 4) is 0 Å². The molecule has 4 nitrogen and oxygen atoms in total. The molecule has 0 saturated carbocycles. The first-order valence-electron chi connectivity index (χ1n) is 5.66. The number of hydrogen-bond donors (Lipinski definition) is 0. The Morgan fingerprint density at radius 3 is 2.94 bits per heavy atom. The summed E-state index contributed by atoms with van der Waals surface area (Å²) in [5.74, 6) is 1.23. The van der Waals surface area contributed by atoms with Gasteiger partial charge in [-0.2, -0.15) is 0 Å². The highest BCUT2D eigenvalue weighted by Gasteiger charge is 2.19. The first-order chi connectivity index (χ1) is 7.75. The van der Waals surface area contributed by atoms with E-state index in [1.807, 2.05) is 0 Å². The third kappa shape index (κ3) is 2.85. The molecule has 0 N–H and O–H groups in total. The summed E-state index contributed by atoms with van der Waals surface area (Å²) in [5.41, 5.74) is 0.541. The highest BCUT2D eigenvalue weighted by Crippen LogP contribution is 2.20. The van der Waals surface area contributed by atoms with Gasteiger partial charge in [0.1, 0.15) is 11.5 Å². The van der Waals surface area contributed by atoms with E-state index in [1.165, 1.54) is 0 Å². The summed E-state index contributed by atoms with van der Waals surface area (Å²) in [5, 5.41) is 0. The fourth-order valence-electron chi connectivity index (χ4n) is 1.93. The van der Waals surface area contributed by atoms with Gasteiger partial charge in [-0.15, -0.1) is 0 Å². The van der Waals surface area contributed by atoms with Crippen molar-refractivity contribution in [1.29, 1.82) is 0 Å². The summed E-state index contributed by atoms with van der Waals surface area (Å²) >= 11 is 0. The second-order valence-corrected chi connectivity index (χ2v) is 4.17. The van der Waals surface area contributed by atoms with Crippen molar-refractivity contribution in [3.05, 3.63) is 23.8 Å². The van der Waals surface area contributed by atoms with Crippen molar-refractivity contribution in [2.75, 3.05) is 13.2 Å². The summed E-state index contributed by atoms with van der Waals surface area (Å²) < 4.78 is 5.27. The normalized spacial score (nSPS) is 17.3. The molecule has 4 heteroatoms. The molecule has 0 bridgehead atoms. The highest BCUT2D eigenvalue weighted by molar-refractivity contribution is 5.94. The van der Waals surface area contributed by atoms with E-state index in [2.05, 4.69) is 9.97 Å². The van der Waals surface area contributed by atoms with E-state index < -0.39 is 0 Å². The number of aryl methyl sites for hydroxylation is 1. The van der Waals surface area contributed by atoms with Gasteiger partial charge in [-0.05, 0) is 31.7 Å². The van der Waals surface area contributed by atoms with Gasteiger partial charge >= 0.3 is 0 Å². The average Bonchev–Trinajstić information content (AvgIpc) is 2.30. The van der Waals surface area contributed by atoms with E-state index in [9.17, 15) is 4.79 Å². The summed E-state index contributed by atoms with van der Waals surface area (Å²) in [6.07, 6.45) is 4.19. The summed E-state index contributed by atoms with van der Waals surface area (Å²) in [4.78, 5) is 20.1. The molecule has 1 fully saturated rings. The van der Waals surface area contributed by atoms with Crippen LogP contribution in [0.5, 0.6) is 0 Å². The molecule has 0 radical (unpaired) electrons. The van der Waals surface area contributed by atoms with Gasteiger partial charge in [-0.3, -0.25) is 4.79 Å². The Morgan fingerprint density at radius 2 is 2.25 bits per heavy atom. The maximum atomic E-state index is 11.9. The third-order valence-electron chi connectivity index (χ3n) is 2.88. The van der Waals surface area contributed by atoms with Crippen LogP contribution in [0.15, 0.2) is 12.3 Å². The van der Waals surface area contributed by atoms with E-state index in [0.29, 0.717) is 23.9 Å². The summed E-state index contributed by atoms with van der Waals surface area (Å²) in [7, 11) is 0. The fraction of sp³-hybridized carbons (Fsp3) is 0.583. The third-order valence-corrected chi connectivity index (χ3v) is 2.88. The van der Waals surface area contributed by atoms with Crippen LogP contribution < -0.4 is 0 Å². The minimum absolute atomic E-state index is 0.123. The maximum Gasteiger partial charge on any atom is 0.181 e. The smallest absolute Gasteiger partial charge is 0.181 e. The monoisotopic (exact) mass is 220 g/mol. The van der Waals surface area contributed by atoms with Crippen LogP contribution in [0.3, 0.4) is 0 Å². The Hall–Kier alpha value is -1.29. The largest absolute Gasteiger partial charge is 0.381 e. The molecule has 0 atom stereocenters. The van der Waals surface area contributed by atoms with E-state index in [4.69, 9.17) is 4.74 Å². The van der Waals surface area contributed by atoms with Gasteiger partial charge in [-0.1, -0.05) is 0 Å². The Bertz CT molecular complexity index is 373. The number of hydrogen-bond acceptors (Lipinski definition) is 4. The second kappa shape index (κ2) is 5.16. The first-order valence-corrected chi connectivity index (χ1v) is 5.66. The number of rotatable bonds is 3. The van der Waals surface area contributed by atoms with Crippen LogP contribution in [0.1, 0.15) is 35.6 Å². The summed E-state index contributed by atoms with van der Waals surface area (Å²) in [6.45, 7) is 3.35. The molecule has 1 saturated heterocycles. The number of ketones is 1.